The normalized spacial score (nSPS) is 16.1. The summed E-state index contributed by atoms with van der Waals surface area (Å²) < 4.78 is 5.71. The quantitative estimate of drug-likeness (QED) is 0.518. The van der Waals surface area contributed by atoms with Crippen molar-refractivity contribution < 1.29 is 14.3 Å². The van der Waals surface area contributed by atoms with E-state index in [1.165, 1.54) is 0 Å². The number of ether oxygens (including phenoxy) is 1. The zero-order valence-corrected chi connectivity index (χ0v) is 20.2. The lowest BCUT2D eigenvalue weighted by atomic mass is 10.0. The average molecular weight is 474 g/mol. The molecule has 1 aliphatic rings. The number of hydrogen-bond acceptors (Lipinski definition) is 6. The van der Waals surface area contributed by atoms with Crippen molar-refractivity contribution >= 4 is 11.8 Å². The summed E-state index contributed by atoms with van der Waals surface area (Å²) in [5.41, 5.74) is 1.48. The van der Waals surface area contributed by atoms with Gasteiger partial charge in [0, 0.05) is 62.4 Å². The summed E-state index contributed by atoms with van der Waals surface area (Å²) in [5, 5.41) is 0. The fourth-order valence-electron chi connectivity index (χ4n) is 4.26. The van der Waals surface area contributed by atoms with Crippen LogP contribution < -0.4 is 4.74 Å². The van der Waals surface area contributed by atoms with E-state index in [2.05, 4.69) is 15.0 Å². The Labute approximate surface area is 206 Å². The van der Waals surface area contributed by atoms with Crippen molar-refractivity contribution in [2.24, 2.45) is 11.8 Å². The maximum Gasteiger partial charge on any atom is 0.321 e. The van der Waals surface area contributed by atoms with Gasteiger partial charge >= 0.3 is 6.01 Å². The van der Waals surface area contributed by atoms with Crippen LogP contribution in [-0.2, 0) is 11.2 Å². The third-order valence-electron chi connectivity index (χ3n) is 5.88. The van der Waals surface area contributed by atoms with E-state index in [0.29, 0.717) is 50.3 Å². The molecule has 182 valence electrons. The minimum Gasteiger partial charge on any atom is -0.424 e. The van der Waals surface area contributed by atoms with Crippen molar-refractivity contribution in [3.05, 3.63) is 78.4 Å². The van der Waals surface area contributed by atoms with Crippen molar-refractivity contribution in [3.63, 3.8) is 0 Å². The van der Waals surface area contributed by atoms with Crippen molar-refractivity contribution in [2.45, 2.75) is 26.7 Å². The van der Waals surface area contributed by atoms with Crippen LogP contribution in [-0.4, -0.2) is 62.7 Å². The third kappa shape index (κ3) is 6.85. The second-order valence-corrected chi connectivity index (χ2v) is 9.24. The van der Waals surface area contributed by atoms with Gasteiger partial charge in [0.05, 0.1) is 0 Å². The number of nitrogens with zero attached hydrogens (tertiary/aromatic N) is 5. The molecule has 0 aliphatic carbocycles. The fraction of sp³-hybridized carbons (Fsp3) is 0.370. The van der Waals surface area contributed by atoms with Crippen LogP contribution in [0.15, 0.2) is 67.1 Å². The average Bonchev–Trinajstić information content (AvgIpc) is 3.07. The van der Waals surface area contributed by atoms with Crippen LogP contribution in [0.25, 0.3) is 0 Å². The van der Waals surface area contributed by atoms with E-state index >= 15 is 0 Å². The third-order valence-corrected chi connectivity index (χ3v) is 5.88. The largest absolute Gasteiger partial charge is 0.424 e. The van der Waals surface area contributed by atoms with Gasteiger partial charge in [-0.1, -0.05) is 26.0 Å². The smallest absolute Gasteiger partial charge is 0.321 e. The molecule has 0 spiro atoms. The van der Waals surface area contributed by atoms with Crippen LogP contribution in [0.5, 0.6) is 11.8 Å². The van der Waals surface area contributed by atoms with Gasteiger partial charge in [0.1, 0.15) is 5.75 Å². The zero-order valence-electron chi connectivity index (χ0n) is 20.2. The van der Waals surface area contributed by atoms with E-state index in [0.717, 1.165) is 5.69 Å². The molecule has 0 bridgehead atoms. The minimum atomic E-state index is -0.0893. The van der Waals surface area contributed by atoms with E-state index < -0.39 is 0 Å². The van der Waals surface area contributed by atoms with Gasteiger partial charge in [-0.15, -0.1) is 0 Å². The number of carbonyl (C=O) groups is 2. The zero-order chi connectivity index (χ0) is 24.6. The molecule has 1 atom stereocenters. The number of hydrogen-bond donors (Lipinski definition) is 0. The Balaban J connectivity index is 1.52. The van der Waals surface area contributed by atoms with Crippen LogP contribution in [0.2, 0.25) is 0 Å². The van der Waals surface area contributed by atoms with E-state index in [4.69, 9.17) is 4.74 Å². The Hall–Kier alpha value is -3.81. The van der Waals surface area contributed by atoms with E-state index in [1.54, 1.807) is 48.9 Å². The molecule has 0 N–H and O–H groups in total. The Morgan fingerprint density at radius 3 is 2.43 bits per heavy atom. The molecule has 2 aromatic heterocycles. The van der Waals surface area contributed by atoms with Crippen LogP contribution in [0.3, 0.4) is 0 Å². The van der Waals surface area contributed by atoms with Gasteiger partial charge in [-0.05, 0) is 54.7 Å². The minimum absolute atomic E-state index is 0.0876. The molecule has 35 heavy (non-hydrogen) atoms. The van der Waals surface area contributed by atoms with Crippen LogP contribution in [0.4, 0.5) is 0 Å². The molecule has 0 radical (unpaired) electrons. The molecule has 8 nitrogen and oxygen atoms in total. The molecule has 1 saturated heterocycles. The van der Waals surface area contributed by atoms with Crippen molar-refractivity contribution in [1.82, 2.24) is 24.8 Å². The molecule has 2 amide bonds. The second-order valence-electron chi connectivity index (χ2n) is 9.24. The first kappa shape index (κ1) is 24.3. The van der Waals surface area contributed by atoms with Gasteiger partial charge in [-0.3, -0.25) is 14.6 Å². The summed E-state index contributed by atoms with van der Waals surface area (Å²) in [4.78, 5) is 42.8. The van der Waals surface area contributed by atoms with Crippen LogP contribution in [0, 0.1) is 11.8 Å². The predicted octanol–water partition coefficient (Wildman–Crippen LogP) is 3.85. The van der Waals surface area contributed by atoms with Crippen molar-refractivity contribution in [2.75, 3.05) is 26.2 Å². The highest BCUT2D eigenvalue weighted by Crippen LogP contribution is 2.22. The van der Waals surface area contributed by atoms with Gasteiger partial charge in [-0.25, -0.2) is 9.97 Å². The summed E-state index contributed by atoms with van der Waals surface area (Å²) in [7, 11) is 0. The summed E-state index contributed by atoms with van der Waals surface area (Å²) in [6, 6.07) is 14.8. The van der Waals surface area contributed by atoms with E-state index in [9.17, 15) is 9.59 Å². The molecule has 8 heteroatoms. The lowest BCUT2D eigenvalue weighted by Crippen LogP contribution is -2.37. The summed E-state index contributed by atoms with van der Waals surface area (Å²) in [6.07, 6.45) is 6.18. The second kappa shape index (κ2) is 11.6. The van der Waals surface area contributed by atoms with Gasteiger partial charge in [0.15, 0.2) is 0 Å². The van der Waals surface area contributed by atoms with E-state index in [1.807, 2.05) is 41.8 Å². The lowest BCUT2D eigenvalue weighted by molar-refractivity contribution is -0.132. The fourth-order valence-corrected chi connectivity index (χ4v) is 4.26. The Bertz CT molecular complexity index is 1120. The lowest BCUT2D eigenvalue weighted by Gasteiger charge is -2.25. The first-order chi connectivity index (χ1) is 17.0. The molecule has 4 rings (SSSR count). The van der Waals surface area contributed by atoms with Gasteiger partial charge in [0.2, 0.25) is 5.91 Å². The molecule has 1 fully saturated rings. The highest BCUT2D eigenvalue weighted by molar-refractivity contribution is 5.94. The molecule has 3 aromatic rings. The molecular formula is C27H31N5O3. The van der Waals surface area contributed by atoms with Gasteiger partial charge in [-0.2, -0.15) is 0 Å². The van der Waals surface area contributed by atoms with Gasteiger partial charge in [0.25, 0.3) is 5.91 Å². The number of pyridine rings is 1. The number of amides is 2. The monoisotopic (exact) mass is 473 g/mol. The van der Waals surface area contributed by atoms with E-state index in [-0.39, 0.29) is 29.7 Å². The Kier molecular flexibility index (Phi) is 8.03. The van der Waals surface area contributed by atoms with Gasteiger partial charge < -0.3 is 14.5 Å². The maximum atomic E-state index is 13.5. The first-order valence-corrected chi connectivity index (χ1v) is 12.0. The summed E-state index contributed by atoms with van der Waals surface area (Å²) in [6.45, 7) is 6.26. The van der Waals surface area contributed by atoms with Crippen LogP contribution in [0.1, 0.15) is 36.3 Å². The Morgan fingerprint density at radius 1 is 0.943 bits per heavy atom. The maximum absolute atomic E-state index is 13.5. The highest BCUT2D eigenvalue weighted by atomic mass is 16.5. The predicted molar refractivity (Wildman–Crippen MR) is 132 cm³/mol. The molecule has 1 aromatic carbocycles. The van der Waals surface area contributed by atoms with Crippen molar-refractivity contribution in [3.8, 4) is 11.8 Å². The van der Waals surface area contributed by atoms with Crippen molar-refractivity contribution in [1.29, 1.82) is 0 Å². The number of aromatic nitrogens is 3. The SMILES string of the molecule is CC(C)CC(=O)N1CCN(C(=O)c2cccc(Oc3ncccn3)c2)C[C@@H](Cc2ccccn2)C1. The highest BCUT2D eigenvalue weighted by Gasteiger charge is 2.29. The topological polar surface area (TPSA) is 88.5 Å². The molecular weight excluding hydrogens is 442 g/mol. The molecule has 0 saturated carbocycles. The summed E-state index contributed by atoms with van der Waals surface area (Å²) >= 11 is 0. The molecule has 3 heterocycles. The number of carbonyl (C=O) groups excluding carboxylic acids is 2. The first-order valence-electron chi connectivity index (χ1n) is 12.0. The Morgan fingerprint density at radius 2 is 1.69 bits per heavy atom. The number of rotatable bonds is 7. The number of benzene rings is 1. The molecule has 1 aliphatic heterocycles. The molecule has 0 unspecified atom stereocenters. The standard InChI is InChI=1S/C27H31N5O3/c1-20(2)15-25(33)31-13-14-32(19-21(18-31)16-23-8-3-4-10-28-23)26(34)22-7-5-9-24(17-22)35-27-29-11-6-12-30-27/h3-12,17,20-21H,13-16,18-19H2,1-2H3/t21-/m0/s1. The van der Waals surface area contributed by atoms with Crippen LogP contribution >= 0.6 is 0 Å². The summed E-state index contributed by atoms with van der Waals surface area (Å²) in [5.74, 6) is 0.918.